The molecule has 0 radical (unpaired) electrons. The van der Waals surface area contributed by atoms with Crippen molar-refractivity contribution < 1.29 is 6.85 Å². The Morgan fingerprint density at radius 2 is 0.708 bits per heavy atom. The molecule has 0 bridgehead atoms. The first-order valence-corrected chi connectivity index (χ1v) is 34.3. The van der Waals surface area contributed by atoms with Crippen molar-refractivity contribution in [1.29, 1.82) is 0 Å². The molecule has 0 saturated carbocycles. The first-order valence-electron chi connectivity index (χ1n) is 36.8. The largest absolute Gasteiger partial charge is 0.310 e. The number of para-hydroxylation sites is 3. The minimum atomic E-state index is -1.00. The zero-order valence-corrected chi connectivity index (χ0v) is 58.5. The molecule has 0 aromatic heterocycles. The Hall–Kier alpha value is -9.70. The Labute approximate surface area is 579 Å². The molecule has 96 heavy (non-hydrogen) atoms. The molecule has 0 saturated heterocycles. The molecule has 15 rings (SSSR count). The number of fused-ring (bicyclic) bond motifs is 10. The highest BCUT2D eigenvalue weighted by Gasteiger charge is 2.56. The summed E-state index contributed by atoms with van der Waals surface area (Å²) in [4.78, 5) is 5.04. The molecular formula is C93H89BN2. The van der Waals surface area contributed by atoms with Crippen LogP contribution in [0.3, 0.4) is 0 Å². The van der Waals surface area contributed by atoms with Crippen molar-refractivity contribution in [2.45, 2.75) is 136 Å². The van der Waals surface area contributed by atoms with Crippen molar-refractivity contribution in [2.24, 2.45) is 0 Å². The molecule has 0 amide bonds. The van der Waals surface area contributed by atoms with Crippen molar-refractivity contribution in [1.82, 2.24) is 0 Å². The third-order valence-electron chi connectivity index (χ3n) is 20.7. The Morgan fingerprint density at radius 1 is 0.292 bits per heavy atom. The highest BCUT2D eigenvalue weighted by molar-refractivity contribution is 6.99. The normalized spacial score (nSPS) is 14.7. The van der Waals surface area contributed by atoms with E-state index in [1.165, 1.54) is 27.8 Å². The third kappa shape index (κ3) is 10.5. The van der Waals surface area contributed by atoms with Gasteiger partial charge >= 0.3 is 0 Å². The maximum atomic E-state index is 9.70. The van der Waals surface area contributed by atoms with Gasteiger partial charge in [0.2, 0.25) is 6.71 Å². The molecule has 3 aliphatic rings. The summed E-state index contributed by atoms with van der Waals surface area (Å²) in [5, 5.41) is 0. The molecule has 3 heterocycles. The maximum absolute atomic E-state index is 9.70. The van der Waals surface area contributed by atoms with Gasteiger partial charge in [-0.25, -0.2) is 0 Å². The van der Waals surface area contributed by atoms with E-state index in [4.69, 9.17) is 1.37 Å². The van der Waals surface area contributed by atoms with Gasteiger partial charge in [0.1, 0.15) is 0 Å². The standard InChI is InChI=1S/C93H89BN2/c1-88(2,3)68-48-65(49-69(56-68)89(4,5)6)64-44-46-76-80(53-64)94-81-54-63(60-32-20-16-21-33-60)45-47-84(81)96(87-74(61-34-22-17-23-35-61)58-72(92(13,14)15)59-75(87)62-36-24-18-25-37-62)85-55-67(66-50-70(90(7,8)9)57-71(51-66)91(10,11)12)52-79(86(85)94)93(76)77-40-28-30-42-82(77)95(73-38-26-19-27-39-73)83-43-31-29-41-78(83)93/h16-59H,1-15H3/i16D,20D,21D,32D,33D. The second kappa shape index (κ2) is 22.7. The van der Waals surface area contributed by atoms with Crippen molar-refractivity contribution in [3.05, 3.63) is 317 Å². The number of hydrogen-bond donors (Lipinski definition) is 0. The highest BCUT2D eigenvalue weighted by atomic mass is 15.2. The van der Waals surface area contributed by atoms with Gasteiger partial charge in [-0.1, -0.05) is 322 Å². The second-order valence-corrected chi connectivity index (χ2v) is 32.3. The van der Waals surface area contributed by atoms with Crippen LogP contribution in [0.5, 0.6) is 0 Å². The fourth-order valence-electron chi connectivity index (χ4n) is 15.4. The van der Waals surface area contributed by atoms with Gasteiger partial charge in [-0.15, -0.1) is 0 Å². The monoisotopic (exact) mass is 1250 g/mol. The molecule has 0 N–H and O–H groups in total. The lowest BCUT2D eigenvalue weighted by Gasteiger charge is -2.52. The Kier molecular flexibility index (Phi) is 13.4. The van der Waals surface area contributed by atoms with E-state index in [9.17, 15) is 5.48 Å². The summed E-state index contributed by atoms with van der Waals surface area (Å²) < 4.78 is 46.6. The van der Waals surface area contributed by atoms with Gasteiger partial charge in [0.05, 0.1) is 29.3 Å². The summed E-state index contributed by atoms with van der Waals surface area (Å²) in [6.45, 7) is 34.2. The summed E-state index contributed by atoms with van der Waals surface area (Å²) in [5.74, 6) is 0. The van der Waals surface area contributed by atoms with Crippen molar-refractivity contribution in [3.63, 3.8) is 0 Å². The summed E-state index contributed by atoms with van der Waals surface area (Å²) in [5.41, 5.74) is 27.6. The predicted molar refractivity (Wildman–Crippen MR) is 413 cm³/mol. The lowest BCUT2D eigenvalue weighted by Crippen LogP contribution is -2.65. The van der Waals surface area contributed by atoms with Crippen LogP contribution in [0.1, 0.15) is 161 Å². The summed E-state index contributed by atoms with van der Waals surface area (Å²) >= 11 is 0. The van der Waals surface area contributed by atoms with Gasteiger partial charge in [0, 0.05) is 28.2 Å². The van der Waals surface area contributed by atoms with Crippen LogP contribution in [0, 0.1) is 0 Å². The lowest BCUT2D eigenvalue weighted by atomic mass is 9.29. The first kappa shape index (κ1) is 56.6. The fourth-order valence-corrected chi connectivity index (χ4v) is 15.4. The van der Waals surface area contributed by atoms with Crippen LogP contribution < -0.4 is 26.2 Å². The van der Waals surface area contributed by atoms with Crippen molar-refractivity contribution in [3.8, 4) is 55.6 Å². The van der Waals surface area contributed by atoms with Crippen molar-refractivity contribution in [2.75, 3.05) is 9.80 Å². The first-order chi connectivity index (χ1) is 47.8. The number of nitrogens with zero attached hydrogens (tertiary/aromatic N) is 2. The topological polar surface area (TPSA) is 6.48 Å². The number of hydrogen-bond acceptors (Lipinski definition) is 2. The van der Waals surface area contributed by atoms with Gasteiger partial charge in [-0.2, -0.15) is 0 Å². The van der Waals surface area contributed by atoms with Crippen molar-refractivity contribution >= 4 is 57.2 Å². The summed E-state index contributed by atoms with van der Waals surface area (Å²) in [7, 11) is 0. The van der Waals surface area contributed by atoms with Gasteiger partial charge in [0.25, 0.3) is 0 Å². The van der Waals surface area contributed by atoms with Crippen LogP contribution >= 0.6 is 0 Å². The SMILES string of the molecule is [2H]c1c([2H])c([2H])c(-c2ccc3c(c2)B2c4cc(-c5cc(C(C)(C)C)cc(C(C)(C)C)c5)ccc4C4(c5ccccc5N(c5ccccc5)c5ccccc54)c4cc(-c5cc(C(C)(C)C)cc(C(C)(C)C)c5)cc(c42)N3c2c(-c3ccccc3)cc(C(C)(C)C)cc2-c2ccccc2)c([2H])c1[2H]. The Bertz CT molecular complexity index is 5130. The van der Waals surface area contributed by atoms with Crippen LogP contribution in [0.25, 0.3) is 55.6 Å². The molecule has 3 aliphatic heterocycles. The van der Waals surface area contributed by atoms with E-state index in [-0.39, 0.29) is 56.8 Å². The Balaban J connectivity index is 1.20. The van der Waals surface area contributed by atoms with Crippen LogP contribution in [0.4, 0.5) is 34.1 Å². The number of benzene rings is 12. The van der Waals surface area contributed by atoms with E-state index >= 15 is 0 Å². The van der Waals surface area contributed by atoms with E-state index in [1.807, 2.05) is 6.07 Å². The van der Waals surface area contributed by atoms with E-state index in [1.54, 1.807) is 0 Å². The molecule has 1 spiro atoms. The molecule has 0 aliphatic carbocycles. The molecule has 2 nitrogen and oxygen atoms in total. The quantitative estimate of drug-likeness (QED) is 0.147. The molecule has 12 aromatic rings. The summed E-state index contributed by atoms with van der Waals surface area (Å²) in [6, 6.07) is 87.3. The number of anilines is 6. The third-order valence-corrected chi connectivity index (χ3v) is 20.7. The molecule has 3 heteroatoms. The molecule has 0 atom stereocenters. The lowest BCUT2D eigenvalue weighted by molar-refractivity contribution is 0.568. The van der Waals surface area contributed by atoms with Crippen LogP contribution in [-0.2, 0) is 32.5 Å². The van der Waals surface area contributed by atoms with E-state index in [0.717, 1.165) is 117 Å². The Morgan fingerprint density at radius 3 is 1.21 bits per heavy atom. The zero-order chi connectivity index (χ0) is 71.4. The van der Waals surface area contributed by atoms with Gasteiger partial charge in [0.15, 0.2) is 0 Å². The fraction of sp³-hybridized carbons (Fsp3) is 0.226. The molecule has 0 unspecified atom stereocenters. The molecular weight excluding hydrogens is 1160 g/mol. The summed E-state index contributed by atoms with van der Waals surface area (Å²) in [6.07, 6.45) is 0. The predicted octanol–water partition coefficient (Wildman–Crippen LogP) is 23.3. The average molecular weight is 1250 g/mol. The van der Waals surface area contributed by atoms with Gasteiger partial charge < -0.3 is 9.80 Å². The second-order valence-electron chi connectivity index (χ2n) is 32.3. The van der Waals surface area contributed by atoms with E-state index in [0.29, 0.717) is 5.56 Å². The number of rotatable bonds is 7. The van der Waals surface area contributed by atoms with Gasteiger partial charge in [-0.3, -0.25) is 0 Å². The van der Waals surface area contributed by atoms with Gasteiger partial charge in [-0.05, 0) is 187 Å². The van der Waals surface area contributed by atoms with Crippen LogP contribution in [0.15, 0.2) is 267 Å². The maximum Gasteiger partial charge on any atom is 0.247 e. The van der Waals surface area contributed by atoms with Crippen LogP contribution in [-0.4, -0.2) is 6.71 Å². The van der Waals surface area contributed by atoms with E-state index < -0.39 is 18.2 Å². The molecule has 0 fully saturated rings. The highest BCUT2D eigenvalue weighted by Crippen LogP contribution is 2.61. The minimum Gasteiger partial charge on any atom is -0.310 e. The molecule has 474 valence electrons. The van der Waals surface area contributed by atoms with E-state index in [2.05, 4.69) is 344 Å². The minimum absolute atomic E-state index is 0.159. The smallest absolute Gasteiger partial charge is 0.247 e. The zero-order valence-electron chi connectivity index (χ0n) is 63.5. The average Bonchev–Trinajstić information content (AvgIpc) is 0.662. The van der Waals surface area contributed by atoms with Crippen LogP contribution in [0.2, 0.25) is 0 Å². The molecule has 12 aromatic carbocycles.